The highest BCUT2D eigenvalue weighted by molar-refractivity contribution is 8.01. The molecular formula is C22H28N4O3S2. The summed E-state index contributed by atoms with van der Waals surface area (Å²) < 4.78 is 6.59. The third kappa shape index (κ3) is 4.88. The number of amides is 2. The number of thiazole rings is 1. The molecular weight excluding hydrogens is 432 g/mol. The number of hydrogen-bond donors (Lipinski definition) is 1. The molecule has 3 rings (SSSR count). The lowest BCUT2D eigenvalue weighted by atomic mass is 9.96. The number of anilines is 1. The van der Waals surface area contributed by atoms with E-state index in [-0.39, 0.29) is 11.8 Å². The molecule has 0 radical (unpaired) electrons. The maximum Gasteiger partial charge on any atom is 0.258 e. The van der Waals surface area contributed by atoms with E-state index < -0.39 is 5.54 Å². The van der Waals surface area contributed by atoms with Crippen LogP contribution >= 0.6 is 23.1 Å². The van der Waals surface area contributed by atoms with Crippen LogP contribution in [0.15, 0.2) is 40.1 Å². The second-order valence-electron chi connectivity index (χ2n) is 7.89. The monoisotopic (exact) mass is 460 g/mol. The number of benzene rings is 1. The Balaban J connectivity index is 1.90. The quantitative estimate of drug-likeness (QED) is 0.659. The third-order valence-electron chi connectivity index (χ3n) is 5.27. The first kappa shape index (κ1) is 23.1. The maximum atomic E-state index is 13.6. The molecule has 0 aliphatic carbocycles. The van der Waals surface area contributed by atoms with E-state index >= 15 is 0 Å². The van der Waals surface area contributed by atoms with Crippen LogP contribution in [-0.4, -0.2) is 65.9 Å². The zero-order chi connectivity index (χ0) is 22.8. The lowest BCUT2D eigenvalue weighted by Gasteiger charge is -2.47. The van der Waals surface area contributed by atoms with Crippen LogP contribution in [0.3, 0.4) is 0 Å². The number of nitrogens with zero attached hydrogens (tertiary/aromatic N) is 3. The van der Waals surface area contributed by atoms with Crippen molar-refractivity contribution in [2.45, 2.75) is 35.4 Å². The van der Waals surface area contributed by atoms with Crippen LogP contribution in [0.4, 0.5) is 5.13 Å². The molecule has 31 heavy (non-hydrogen) atoms. The van der Waals surface area contributed by atoms with Gasteiger partial charge in [-0.2, -0.15) is 0 Å². The first-order valence-electron chi connectivity index (χ1n) is 9.93. The molecule has 1 aliphatic heterocycles. The summed E-state index contributed by atoms with van der Waals surface area (Å²) in [6.07, 6.45) is 3.14. The van der Waals surface area contributed by atoms with Gasteiger partial charge in [0.1, 0.15) is 5.75 Å². The predicted octanol–water partition coefficient (Wildman–Crippen LogP) is 3.90. The minimum atomic E-state index is -0.517. The molecule has 0 unspecified atom stereocenters. The molecule has 1 aromatic heterocycles. The standard InChI is InChI=1S/C22H28N4O3S2/c1-7-18(27)25-8-9-26(22(3,4)13-25)20(28)15-11-17(14(2)10-16(15)29-6)30-19-12-24-21(23-5)31-19/h7,10-12H,1,8-9,13H2,2-6H3,(H,23,24). The Kier molecular flexibility index (Phi) is 6.96. The highest BCUT2D eigenvalue weighted by Gasteiger charge is 2.39. The van der Waals surface area contributed by atoms with Crippen molar-refractivity contribution in [2.24, 2.45) is 0 Å². The Hall–Kier alpha value is -2.52. The van der Waals surface area contributed by atoms with Gasteiger partial charge in [-0.3, -0.25) is 9.59 Å². The highest BCUT2D eigenvalue weighted by Crippen LogP contribution is 2.39. The maximum absolute atomic E-state index is 13.6. The molecule has 1 aromatic carbocycles. The lowest BCUT2D eigenvalue weighted by Crippen LogP contribution is -2.61. The smallest absolute Gasteiger partial charge is 0.258 e. The van der Waals surface area contributed by atoms with Gasteiger partial charge in [0.2, 0.25) is 5.91 Å². The van der Waals surface area contributed by atoms with E-state index in [0.29, 0.717) is 30.9 Å². The molecule has 2 amide bonds. The summed E-state index contributed by atoms with van der Waals surface area (Å²) >= 11 is 3.14. The number of carbonyl (C=O) groups is 2. The van der Waals surface area contributed by atoms with Crippen molar-refractivity contribution < 1.29 is 14.3 Å². The fourth-order valence-corrected chi connectivity index (χ4v) is 5.53. The Labute approximate surface area is 191 Å². The molecule has 0 spiro atoms. The number of rotatable bonds is 6. The number of ether oxygens (including phenoxy) is 1. The normalized spacial score (nSPS) is 15.5. The second kappa shape index (κ2) is 9.32. The number of piperazine rings is 1. The molecule has 7 nitrogen and oxygen atoms in total. The van der Waals surface area contributed by atoms with Crippen LogP contribution in [0.1, 0.15) is 29.8 Å². The molecule has 2 heterocycles. The molecule has 1 aliphatic rings. The molecule has 2 aromatic rings. The Morgan fingerprint density at radius 1 is 1.35 bits per heavy atom. The number of hydrogen-bond acceptors (Lipinski definition) is 7. The first-order valence-corrected chi connectivity index (χ1v) is 11.6. The van der Waals surface area contributed by atoms with Gasteiger partial charge in [-0.25, -0.2) is 4.98 Å². The molecule has 1 fully saturated rings. The summed E-state index contributed by atoms with van der Waals surface area (Å²) in [6, 6.07) is 3.80. The van der Waals surface area contributed by atoms with Crippen molar-refractivity contribution in [3.05, 3.63) is 42.1 Å². The summed E-state index contributed by atoms with van der Waals surface area (Å²) in [7, 11) is 3.42. The van der Waals surface area contributed by atoms with Gasteiger partial charge in [0.25, 0.3) is 5.91 Å². The Morgan fingerprint density at radius 3 is 2.68 bits per heavy atom. The van der Waals surface area contributed by atoms with E-state index in [1.165, 1.54) is 6.08 Å². The van der Waals surface area contributed by atoms with E-state index in [9.17, 15) is 9.59 Å². The average Bonchev–Trinajstić information content (AvgIpc) is 3.20. The van der Waals surface area contributed by atoms with Gasteiger partial charge in [0.15, 0.2) is 5.13 Å². The molecule has 1 saturated heterocycles. The van der Waals surface area contributed by atoms with Gasteiger partial charge in [0, 0.05) is 31.6 Å². The van der Waals surface area contributed by atoms with Crippen LogP contribution in [-0.2, 0) is 4.79 Å². The number of nitrogens with one attached hydrogen (secondary N) is 1. The van der Waals surface area contributed by atoms with Crippen molar-refractivity contribution >= 4 is 40.0 Å². The summed E-state index contributed by atoms with van der Waals surface area (Å²) in [6.45, 7) is 10.9. The van der Waals surface area contributed by atoms with Crippen LogP contribution in [0, 0.1) is 6.92 Å². The zero-order valence-electron chi connectivity index (χ0n) is 18.5. The number of aromatic nitrogens is 1. The van der Waals surface area contributed by atoms with Crippen molar-refractivity contribution in [1.82, 2.24) is 14.8 Å². The minimum absolute atomic E-state index is 0.102. The van der Waals surface area contributed by atoms with E-state index in [2.05, 4.69) is 16.9 Å². The lowest BCUT2D eigenvalue weighted by molar-refractivity contribution is -0.130. The summed E-state index contributed by atoms with van der Waals surface area (Å²) in [5.74, 6) is 0.333. The molecule has 0 saturated carbocycles. The summed E-state index contributed by atoms with van der Waals surface area (Å²) in [5, 5.41) is 3.89. The largest absolute Gasteiger partial charge is 0.496 e. The topological polar surface area (TPSA) is 74.8 Å². The molecule has 1 N–H and O–H groups in total. The van der Waals surface area contributed by atoms with Gasteiger partial charge in [-0.05, 0) is 44.5 Å². The van der Waals surface area contributed by atoms with Crippen LogP contribution in [0.25, 0.3) is 0 Å². The van der Waals surface area contributed by atoms with Gasteiger partial charge in [-0.1, -0.05) is 29.7 Å². The van der Waals surface area contributed by atoms with Crippen molar-refractivity contribution in [3.8, 4) is 5.75 Å². The van der Waals surface area contributed by atoms with Crippen LogP contribution in [0.5, 0.6) is 5.75 Å². The van der Waals surface area contributed by atoms with E-state index in [1.54, 1.807) is 35.1 Å². The van der Waals surface area contributed by atoms with Crippen LogP contribution < -0.4 is 10.1 Å². The summed E-state index contributed by atoms with van der Waals surface area (Å²) in [4.78, 5) is 34.5. The van der Waals surface area contributed by atoms with Gasteiger partial charge < -0.3 is 19.9 Å². The molecule has 166 valence electrons. The van der Waals surface area contributed by atoms with E-state index in [4.69, 9.17) is 4.74 Å². The average molecular weight is 461 g/mol. The first-order chi connectivity index (χ1) is 14.7. The molecule has 9 heteroatoms. The predicted molar refractivity (Wildman–Crippen MR) is 125 cm³/mol. The van der Waals surface area contributed by atoms with E-state index in [0.717, 1.165) is 19.8 Å². The second-order valence-corrected chi connectivity index (χ2v) is 10.3. The van der Waals surface area contributed by atoms with Gasteiger partial charge in [0.05, 0.1) is 28.6 Å². The van der Waals surface area contributed by atoms with Crippen molar-refractivity contribution in [3.63, 3.8) is 0 Å². The SMILES string of the molecule is C=CC(=O)N1CCN(C(=O)c2cc(Sc3cnc(NC)s3)c(C)cc2OC)C(C)(C)C1. The number of methoxy groups -OCH3 is 1. The highest BCUT2D eigenvalue weighted by atomic mass is 32.2. The molecule has 0 bridgehead atoms. The fourth-order valence-electron chi connectivity index (χ4n) is 3.63. The van der Waals surface area contributed by atoms with E-state index in [1.807, 2.05) is 51.0 Å². The number of carbonyl (C=O) groups excluding carboxylic acids is 2. The minimum Gasteiger partial charge on any atom is -0.496 e. The Bertz CT molecular complexity index is 1000. The molecule has 0 atom stereocenters. The van der Waals surface area contributed by atoms with Gasteiger partial charge in [-0.15, -0.1) is 0 Å². The van der Waals surface area contributed by atoms with Crippen molar-refractivity contribution in [1.29, 1.82) is 0 Å². The van der Waals surface area contributed by atoms with Crippen molar-refractivity contribution in [2.75, 3.05) is 39.1 Å². The zero-order valence-corrected chi connectivity index (χ0v) is 20.2. The van der Waals surface area contributed by atoms with Gasteiger partial charge >= 0.3 is 0 Å². The summed E-state index contributed by atoms with van der Waals surface area (Å²) in [5.41, 5.74) is 1.03. The number of aryl methyl sites for hydroxylation is 1. The fraction of sp³-hybridized carbons (Fsp3) is 0.409. The van der Waals surface area contributed by atoms with Crippen LogP contribution in [0.2, 0.25) is 0 Å². The third-order valence-corrected chi connectivity index (χ3v) is 7.55. The Morgan fingerprint density at radius 2 is 2.10 bits per heavy atom.